The van der Waals surface area contributed by atoms with E-state index >= 15 is 0 Å². The molecule has 0 aliphatic rings. The summed E-state index contributed by atoms with van der Waals surface area (Å²) < 4.78 is 40.0. The summed E-state index contributed by atoms with van der Waals surface area (Å²) in [4.78, 5) is 4.26. The molecule has 0 bridgehead atoms. The highest BCUT2D eigenvalue weighted by Crippen LogP contribution is 2.38. The summed E-state index contributed by atoms with van der Waals surface area (Å²) >= 11 is 6.94. The lowest BCUT2D eigenvalue weighted by Gasteiger charge is -2.13. The van der Waals surface area contributed by atoms with Crippen LogP contribution in [0, 0.1) is 0 Å². The summed E-state index contributed by atoms with van der Waals surface area (Å²) in [5, 5.41) is 3.17. The predicted molar refractivity (Wildman–Crippen MR) is 79.4 cm³/mol. The van der Waals surface area contributed by atoms with Crippen LogP contribution < -0.4 is 5.32 Å². The van der Waals surface area contributed by atoms with E-state index in [2.05, 4.69) is 10.3 Å². The number of halogens is 4. The Kier molecular flexibility index (Phi) is 3.51. The second kappa shape index (κ2) is 5.20. The molecular weight excluding hydrogens is 321 g/mol. The highest BCUT2D eigenvalue weighted by molar-refractivity contribution is 7.22. The Labute approximate surface area is 127 Å². The van der Waals surface area contributed by atoms with Gasteiger partial charge in [0.1, 0.15) is 0 Å². The second-order valence-electron chi connectivity index (χ2n) is 4.30. The summed E-state index contributed by atoms with van der Waals surface area (Å²) in [6.45, 7) is 0. The molecule has 0 spiro atoms. The average molecular weight is 329 g/mol. The van der Waals surface area contributed by atoms with Crippen LogP contribution >= 0.6 is 22.9 Å². The van der Waals surface area contributed by atoms with Crippen molar-refractivity contribution in [2.24, 2.45) is 0 Å². The number of hydrogen-bond acceptors (Lipinski definition) is 3. The molecule has 0 radical (unpaired) electrons. The van der Waals surface area contributed by atoms with E-state index in [1.54, 1.807) is 0 Å². The highest BCUT2D eigenvalue weighted by Gasteiger charge is 2.34. The van der Waals surface area contributed by atoms with Crippen LogP contribution in [0.1, 0.15) is 5.56 Å². The molecule has 2 nitrogen and oxygen atoms in total. The van der Waals surface area contributed by atoms with E-state index in [-0.39, 0.29) is 10.7 Å². The number of alkyl halides is 3. The third kappa shape index (κ3) is 2.96. The van der Waals surface area contributed by atoms with Gasteiger partial charge in [-0.3, -0.25) is 0 Å². The molecule has 7 heteroatoms. The van der Waals surface area contributed by atoms with Crippen molar-refractivity contribution in [3.63, 3.8) is 0 Å². The lowest BCUT2D eigenvalue weighted by Crippen LogP contribution is -2.08. The standard InChI is InChI=1S/C14H8ClF3N2S/c15-8-5-6-10(9(7-8)14(16,17)18)19-13-20-11-3-1-2-4-12(11)21-13/h1-7H,(H,19,20). The maximum absolute atomic E-state index is 13.0. The Hall–Kier alpha value is -1.79. The highest BCUT2D eigenvalue weighted by atomic mass is 35.5. The molecule has 21 heavy (non-hydrogen) atoms. The molecule has 0 unspecified atom stereocenters. The third-order valence-electron chi connectivity index (χ3n) is 2.82. The minimum Gasteiger partial charge on any atom is -0.331 e. The fraction of sp³-hybridized carbons (Fsp3) is 0.0714. The van der Waals surface area contributed by atoms with Gasteiger partial charge in [-0.15, -0.1) is 0 Å². The average Bonchev–Trinajstić information content (AvgIpc) is 2.82. The molecule has 0 saturated heterocycles. The van der Waals surface area contributed by atoms with Gasteiger partial charge in [0.2, 0.25) is 0 Å². The van der Waals surface area contributed by atoms with Gasteiger partial charge in [-0.25, -0.2) is 4.98 Å². The largest absolute Gasteiger partial charge is 0.418 e. The lowest BCUT2D eigenvalue weighted by molar-refractivity contribution is -0.136. The van der Waals surface area contributed by atoms with Crippen LogP contribution in [-0.2, 0) is 6.18 Å². The first-order valence-electron chi connectivity index (χ1n) is 5.93. The van der Waals surface area contributed by atoms with Gasteiger partial charge >= 0.3 is 6.18 Å². The van der Waals surface area contributed by atoms with Crippen LogP contribution in [0.3, 0.4) is 0 Å². The van der Waals surface area contributed by atoms with E-state index < -0.39 is 11.7 Å². The van der Waals surface area contributed by atoms with E-state index in [1.807, 2.05) is 24.3 Å². The minimum atomic E-state index is -4.48. The van der Waals surface area contributed by atoms with Gasteiger partial charge in [0.25, 0.3) is 0 Å². The van der Waals surface area contributed by atoms with Gasteiger partial charge < -0.3 is 5.32 Å². The van der Waals surface area contributed by atoms with E-state index in [0.29, 0.717) is 5.13 Å². The molecule has 0 amide bonds. The molecule has 3 rings (SSSR count). The van der Waals surface area contributed by atoms with Crippen LogP contribution in [0.5, 0.6) is 0 Å². The van der Waals surface area contributed by atoms with Crippen LogP contribution in [0.2, 0.25) is 5.02 Å². The van der Waals surface area contributed by atoms with Crippen molar-refractivity contribution < 1.29 is 13.2 Å². The van der Waals surface area contributed by atoms with Crippen LogP contribution in [0.4, 0.5) is 24.0 Å². The minimum absolute atomic E-state index is 0.0391. The predicted octanol–water partition coefficient (Wildman–Crippen LogP) is 5.71. The molecule has 1 aromatic heterocycles. The van der Waals surface area contributed by atoms with Crippen LogP contribution in [0.25, 0.3) is 10.2 Å². The number of hydrogen-bond donors (Lipinski definition) is 1. The molecule has 1 N–H and O–H groups in total. The van der Waals surface area contributed by atoms with E-state index in [1.165, 1.54) is 23.5 Å². The van der Waals surface area contributed by atoms with Crippen LogP contribution in [0.15, 0.2) is 42.5 Å². The fourth-order valence-corrected chi connectivity index (χ4v) is 2.95. The smallest absolute Gasteiger partial charge is 0.331 e. The van der Waals surface area contributed by atoms with Crippen molar-refractivity contribution in [1.29, 1.82) is 0 Å². The Morgan fingerprint density at radius 2 is 1.86 bits per heavy atom. The van der Waals surface area contributed by atoms with Crippen LogP contribution in [-0.4, -0.2) is 4.98 Å². The number of thiazole rings is 1. The molecule has 2 aromatic carbocycles. The van der Waals surface area contributed by atoms with Crippen molar-refractivity contribution in [2.45, 2.75) is 6.18 Å². The van der Waals surface area contributed by atoms with Gasteiger partial charge in [-0.2, -0.15) is 13.2 Å². The van der Waals surface area contributed by atoms with Crippen molar-refractivity contribution >= 4 is 44.0 Å². The topological polar surface area (TPSA) is 24.9 Å². The molecule has 0 fully saturated rings. The summed E-state index contributed by atoms with van der Waals surface area (Å²) in [6.07, 6.45) is -4.48. The molecule has 108 valence electrons. The quantitative estimate of drug-likeness (QED) is 0.651. The number of para-hydroxylation sites is 1. The number of aromatic nitrogens is 1. The van der Waals surface area contributed by atoms with Gasteiger partial charge in [-0.05, 0) is 30.3 Å². The maximum Gasteiger partial charge on any atom is 0.418 e. The van der Waals surface area contributed by atoms with Crippen molar-refractivity contribution in [3.05, 3.63) is 53.1 Å². The zero-order valence-electron chi connectivity index (χ0n) is 10.4. The SMILES string of the molecule is FC(F)(F)c1cc(Cl)ccc1Nc1nc2ccccc2s1. The van der Waals surface area contributed by atoms with E-state index in [4.69, 9.17) is 11.6 Å². The molecule has 0 aliphatic carbocycles. The summed E-state index contributed by atoms with van der Waals surface area (Å²) in [5.41, 5.74) is -0.132. The zero-order chi connectivity index (χ0) is 15.0. The molecule has 3 aromatic rings. The van der Waals surface area contributed by atoms with E-state index in [9.17, 15) is 13.2 Å². The first-order chi connectivity index (χ1) is 9.93. The molecule has 0 aliphatic heterocycles. The zero-order valence-corrected chi connectivity index (χ0v) is 12.0. The lowest BCUT2D eigenvalue weighted by atomic mass is 10.1. The first kappa shape index (κ1) is 14.2. The second-order valence-corrected chi connectivity index (χ2v) is 5.77. The molecule has 0 atom stereocenters. The summed E-state index contributed by atoms with van der Waals surface area (Å²) in [7, 11) is 0. The summed E-state index contributed by atoms with van der Waals surface area (Å²) in [5.74, 6) is 0. The number of rotatable bonds is 2. The molecule has 1 heterocycles. The number of benzene rings is 2. The monoisotopic (exact) mass is 328 g/mol. The van der Waals surface area contributed by atoms with Gasteiger partial charge in [-0.1, -0.05) is 35.1 Å². The van der Waals surface area contributed by atoms with E-state index in [0.717, 1.165) is 16.3 Å². The Morgan fingerprint density at radius 1 is 1.10 bits per heavy atom. The Balaban J connectivity index is 2.01. The fourth-order valence-electron chi connectivity index (χ4n) is 1.90. The number of nitrogens with zero attached hydrogens (tertiary/aromatic N) is 1. The summed E-state index contributed by atoms with van der Waals surface area (Å²) in [6, 6.07) is 11.0. The molecular formula is C14H8ClF3N2S. The normalized spacial score (nSPS) is 11.8. The van der Waals surface area contributed by atoms with Crippen molar-refractivity contribution in [1.82, 2.24) is 4.98 Å². The number of nitrogens with one attached hydrogen (secondary N) is 1. The van der Waals surface area contributed by atoms with Gasteiger partial charge in [0, 0.05) is 5.02 Å². The third-order valence-corrected chi connectivity index (χ3v) is 4.01. The first-order valence-corrected chi connectivity index (χ1v) is 7.12. The maximum atomic E-state index is 13.0. The van der Waals surface area contributed by atoms with Crippen molar-refractivity contribution in [3.8, 4) is 0 Å². The Bertz CT molecular complexity index is 765. The van der Waals surface area contributed by atoms with Gasteiger partial charge in [0.05, 0.1) is 21.5 Å². The Morgan fingerprint density at radius 3 is 2.57 bits per heavy atom. The van der Waals surface area contributed by atoms with Crippen molar-refractivity contribution in [2.75, 3.05) is 5.32 Å². The molecule has 0 saturated carbocycles. The van der Waals surface area contributed by atoms with Gasteiger partial charge in [0.15, 0.2) is 5.13 Å². The number of anilines is 2. The number of fused-ring (bicyclic) bond motifs is 1.